The molecule has 0 radical (unpaired) electrons. The molecule has 20 heavy (non-hydrogen) atoms. The van der Waals surface area contributed by atoms with E-state index in [1.165, 1.54) is 6.08 Å². The van der Waals surface area contributed by atoms with Crippen molar-refractivity contribution in [3.63, 3.8) is 0 Å². The highest BCUT2D eigenvalue weighted by Crippen LogP contribution is 2.37. The van der Waals surface area contributed by atoms with Gasteiger partial charge in [0.2, 0.25) is 0 Å². The first-order valence-corrected chi connectivity index (χ1v) is 6.49. The first-order valence-electron chi connectivity index (χ1n) is 6.49. The highest BCUT2D eigenvalue weighted by Gasteiger charge is 2.38. The largest absolute Gasteiger partial charge is 0.758 e. The maximum absolute atomic E-state index is 12.2. The average molecular weight is 279 g/mol. The first kappa shape index (κ1) is 13.2. The number of carbonyl (C=O) groups is 1. The number of hydrogen-bond acceptors (Lipinski definition) is 6. The first-order chi connectivity index (χ1) is 9.61. The maximum Gasteiger partial charge on any atom is 0.351 e. The molecule has 0 aromatic heterocycles. The van der Waals surface area contributed by atoms with E-state index >= 15 is 0 Å². The Morgan fingerprint density at radius 2 is 2.35 bits per heavy atom. The van der Waals surface area contributed by atoms with Crippen LogP contribution in [0.5, 0.6) is 0 Å². The summed E-state index contributed by atoms with van der Waals surface area (Å²) >= 11 is 0. The Bertz CT molecular complexity index is 525. The zero-order chi connectivity index (χ0) is 14.3. The Hall–Kier alpha value is -1.83. The van der Waals surface area contributed by atoms with Gasteiger partial charge < -0.3 is 25.6 Å². The summed E-state index contributed by atoms with van der Waals surface area (Å²) in [6.07, 6.45) is 5.05. The lowest BCUT2D eigenvalue weighted by atomic mass is 9.81. The van der Waals surface area contributed by atoms with E-state index < -0.39 is 12.0 Å². The van der Waals surface area contributed by atoms with Crippen LogP contribution in [0.3, 0.4) is 0 Å². The number of hydrogen-bond donors (Lipinski definition) is 2. The number of likely N-dealkylation sites (N-methyl/N-ethyl adjacent to an activating group) is 1. The molecule has 3 aliphatic rings. The minimum atomic E-state index is -1.22. The predicted octanol–water partition coefficient (Wildman–Crippen LogP) is 0.517. The predicted molar refractivity (Wildman–Crippen MR) is 68.9 cm³/mol. The van der Waals surface area contributed by atoms with Gasteiger partial charge in [-0.15, -0.1) is 0 Å². The van der Waals surface area contributed by atoms with Crippen molar-refractivity contribution in [2.24, 2.45) is 5.92 Å². The van der Waals surface area contributed by atoms with Crippen LogP contribution in [0.15, 0.2) is 35.3 Å². The van der Waals surface area contributed by atoms with Crippen LogP contribution in [-0.2, 0) is 14.6 Å². The molecule has 0 saturated carbocycles. The molecular formula is C13H15N2O5-. The van der Waals surface area contributed by atoms with Gasteiger partial charge in [-0.05, 0) is 18.7 Å². The number of fused-ring (bicyclic) bond motifs is 2. The van der Waals surface area contributed by atoms with Crippen molar-refractivity contribution in [2.75, 3.05) is 13.2 Å². The maximum atomic E-state index is 12.2. The molecule has 2 heterocycles. The number of nitrogens with zero attached hydrogens (tertiary/aromatic N) is 1. The number of nitrogens with one attached hydrogen (secondary N) is 1. The van der Waals surface area contributed by atoms with Crippen molar-refractivity contribution in [3.8, 4) is 0 Å². The summed E-state index contributed by atoms with van der Waals surface area (Å²) in [5.41, 5.74) is 0.652. The minimum Gasteiger partial charge on any atom is -0.758 e. The topological polar surface area (TPSA) is 94.1 Å². The lowest BCUT2D eigenvalue weighted by Gasteiger charge is -2.48. The van der Waals surface area contributed by atoms with Crippen LogP contribution >= 0.6 is 0 Å². The molecule has 2 aliphatic heterocycles. The summed E-state index contributed by atoms with van der Waals surface area (Å²) in [5, 5.41) is 25.1. The van der Waals surface area contributed by atoms with E-state index in [0.29, 0.717) is 24.0 Å². The molecule has 1 saturated heterocycles. The van der Waals surface area contributed by atoms with Crippen LogP contribution in [0.1, 0.15) is 6.92 Å². The number of hydroxylamine groups is 2. The van der Waals surface area contributed by atoms with E-state index in [9.17, 15) is 10.0 Å². The van der Waals surface area contributed by atoms with Gasteiger partial charge >= 0.3 is 5.97 Å². The highest BCUT2D eigenvalue weighted by atomic mass is 17.2. The molecule has 0 bridgehead atoms. The summed E-state index contributed by atoms with van der Waals surface area (Å²) in [7, 11) is 0. The Morgan fingerprint density at radius 3 is 3.05 bits per heavy atom. The number of aliphatic carboxylic acids is 1. The summed E-state index contributed by atoms with van der Waals surface area (Å²) in [5.74, 6) is -0.855. The molecule has 1 fully saturated rings. The van der Waals surface area contributed by atoms with Gasteiger partial charge in [0.15, 0.2) is 5.76 Å². The van der Waals surface area contributed by atoms with Crippen molar-refractivity contribution >= 4 is 5.97 Å². The fourth-order valence-corrected chi connectivity index (χ4v) is 2.79. The van der Waals surface area contributed by atoms with Crippen LogP contribution in [-0.4, -0.2) is 41.4 Å². The van der Waals surface area contributed by atoms with E-state index in [1.54, 1.807) is 6.08 Å². The van der Waals surface area contributed by atoms with Gasteiger partial charge in [0.1, 0.15) is 12.3 Å². The van der Waals surface area contributed by atoms with Gasteiger partial charge in [-0.2, -0.15) is 4.89 Å². The molecule has 7 nitrogen and oxygen atoms in total. The summed E-state index contributed by atoms with van der Waals surface area (Å²) in [6, 6.07) is -0.803. The Kier molecular flexibility index (Phi) is 3.25. The van der Waals surface area contributed by atoms with Crippen LogP contribution in [0.25, 0.3) is 0 Å². The van der Waals surface area contributed by atoms with Gasteiger partial charge in [-0.3, -0.25) is 0 Å². The molecular weight excluding hydrogens is 264 g/mol. The van der Waals surface area contributed by atoms with Crippen LogP contribution in [0.4, 0.5) is 0 Å². The normalized spacial score (nSPS) is 31.6. The Labute approximate surface area is 115 Å². The van der Waals surface area contributed by atoms with E-state index in [1.807, 2.05) is 13.0 Å². The van der Waals surface area contributed by atoms with E-state index in [0.717, 1.165) is 5.57 Å². The summed E-state index contributed by atoms with van der Waals surface area (Å²) in [4.78, 5) is 21.1. The van der Waals surface area contributed by atoms with Crippen LogP contribution in [0, 0.1) is 11.1 Å². The molecule has 0 aromatic carbocycles. The van der Waals surface area contributed by atoms with E-state index in [4.69, 9.17) is 14.9 Å². The van der Waals surface area contributed by atoms with Crippen molar-refractivity contribution in [2.45, 2.75) is 19.0 Å². The van der Waals surface area contributed by atoms with Gasteiger partial charge in [0.25, 0.3) is 0 Å². The molecule has 3 atom stereocenters. The minimum absolute atomic E-state index is 0.139. The fraction of sp³-hybridized carbons (Fsp3) is 0.462. The van der Waals surface area contributed by atoms with E-state index in [2.05, 4.69) is 5.32 Å². The van der Waals surface area contributed by atoms with Crippen molar-refractivity contribution in [3.05, 3.63) is 40.5 Å². The smallest absolute Gasteiger partial charge is 0.351 e. The molecule has 0 spiro atoms. The van der Waals surface area contributed by atoms with Crippen molar-refractivity contribution in [1.82, 2.24) is 10.4 Å². The van der Waals surface area contributed by atoms with Gasteiger partial charge in [0.05, 0.1) is 0 Å². The Morgan fingerprint density at radius 1 is 1.55 bits per heavy atom. The third-order valence-corrected chi connectivity index (χ3v) is 3.71. The lowest BCUT2D eigenvalue weighted by molar-refractivity contribution is -0.223. The van der Waals surface area contributed by atoms with Gasteiger partial charge in [-0.1, -0.05) is 13.0 Å². The SMILES string of the molecule is CCNC1C=C(C(=O)O)N([O-])C2C=C3OOCC3=CC12. The van der Waals surface area contributed by atoms with Crippen LogP contribution < -0.4 is 5.32 Å². The van der Waals surface area contributed by atoms with Crippen molar-refractivity contribution in [1.29, 1.82) is 0 Å². The molecule has 108 valence electrons. The molecule has 3 unspecified atom stereocenters. The van der Waals surface area contributed by atoms with Gasteiger partial charge in [-0.25, -0.2) is 4.79 Å². The lowest BCUT2D eigenvalue weighted by Crippen LogP contribution is -2.51. The van der Waals surface area contributed by atoms with Crippen molar-refractivity contribution < 1.29 is 19.7 Å². The second-order valence-corrected chi connectivity index (χ2v) is 4.90. The third-order valence-electron chi connectivity index (χ3n) is 3.71. The molecule has 0 amide bonds. The summed E-state index contributed by atoms with van der Waals surface area (Å²) in [6.45, 7) is 2.97. The standard InChI is InChI=1S/C13H15N2O5/c1-2-14-9-4-11(13(16)17)15(18)10-5-12-7(3-8(9)10)6-19-20-12/h3-5,8-10,14H,2,6H2,1H3,(H,16,17)/q-1. The highest BCUT2D eigenvalue weighted by molar-refractivity contribution is 5.86. The monoisotopic (exact) mass is 279 g/mol. The second kappa shape index (κ2) is 4.93. The quantitative estimate of drug-likeness (QED) is 0.727. The molecule has 1 aliphatic carbocycles. The zero-order valence-corrected chi connectivity index (χ0v) is 10.9. The molecule has 7 heteroatoms. The number of rotatable bonds is 3. The number of carboxylic acids is 1. The van der Waals surface area contributed by atoms with E-state index in [-0.39, 0.29) is 17.7 Å². The zero-order valence-electron chi connectivity index (χ0n) is 10.9. The summed E-state index contributed by atoms with van der Waals surface area (Å²) < 4.78 is 0. The Balaban J connectivity index is 2.00. The number of carboxylic acid groups (broad SMARTS) is 1. The fourth-order valence-electron chi connectivity index (χ4n) is 2.79. The molecule has 3 rings (SSSR count). The second-order valence-electron chi connectivity index (χ2n) is 4.90. The molecule has 2 N–H and O–H groups in total. The van der Waals surface area contributed by atoms with Crippen LogP contribution in [0.2, 0.25) is 0 Å². The third kappa shape index (κ3) is 2.00. The molecule has 0 aromatic rings. The van der Waals surface area contributed by atoms with Gasteiger partial charge in [0, 0.05) is 23.6 Å². The average Bonchev–Trinajstić information content (AvgIpc) is 2.87.